The molecule has 0 saturated heterocycles. The SMILES string of the molecule is Cc1ccc2c(c1)C13C(c4ccccc4)=C(c4ccccc4)C(c4ccccc4)=C1c1ccccc1C3C(=O)N2Cc1ccccc1. The maximum absolute atomic E-state index is 15.5. The van der Waals surface area contributed by atoms with Crippen molar-refractivity contribution < 1.29 is 4.79 Å². The van der Waals surface area contributed by atoms with Crippen LogP contribution in [-0.2, 0) is 16.8 Å². The quantitative estimate of drug-likeness (QED) is 0.192. The predicted molar refractivity (Wildman–Crippen MR) is 193 cm³/mol. The molecular formula is C45H33NO. The molecular weight excluding hydrogens is 571 g/mol. The Labute approximate surface area is 276 Å². The zero-order valence-corrected chi connectivity index (χ0v) is 26.2. The van der Waals surface area contributed by atoms with Crippen molar-refractivity contribution in [3.63, 3.8) is 0 Å². The normalized spacial score (nSPS) is 19.4. The van der Waals surface area contributed by atoms with Gasteiger partial charge in [0.15, 0.2) is 0 Å². The van der Waals surface area contributed by atoms with Crippen molar-refractivity contribution in [3.8, 4) is 0 Å². The summed E-state index contributed by atoms with van der Waals surface area (Å²) in [6.07, 6.45) is 0. The van der Waals surface area contributed by atoms with Crippen LogP contribution >= 0.6 is 0 Å². The molecule has 0 aromatic heterocycles. The van der Waals surface area contributed by atoms with Crippen LogP contribution in [0, 0.1) is 6.92 Å². The Kier molecular flexibility index (Phi) is 6.26. The van der Waals surface area contributed by atoms with Gasteiger partial charge in [-0.25, -0.2) is 0 Å². The molecule has 2 aliphatic carbocycles. The van der Waals surface area contributed by atoms with E-state index in [9.17, 15) is 0 Å². The Morgan fingerprint density at radius 3 is 1.74 bits per heavy atom. The molecule has 6 aromatic carbocycles. The Bertz CT molecular complexity index is 2190. The first-order chi connectivity index (χ1) is 23.2. The molecule has 47 heavy (non-hydrogen) atoms. The van der Waals surface area contributed by atoms with Gasteiger partial charge in [-0.1, -0.05) is 163 Å². The summed E-state index contributed by atoms with van der Waals surface area (Å²) >= 11 is 0. The molecule has 0 radical (unpaired) electrons. The van der Waals surface area contributed by atoms with Crippen LogP contribution in [0.5, 0.6) is 0 Å². The Hall–Kier alpha value is -5.73. The molecule has 1 amide bonds. The van der Waals surface area contributed by atoms with Crippen LogP contribution in [0.1, 0.15) is 50.4 Å². The molecule has 3 aliphatic rings. The number of nitrogens with zero attached hydrogens (tertiary/aromatic N) is 1. The van der Waals surface area contributed by atoms with Gasteiger partial charge in [-0.3, -0.25) is 4.79 Å². The van der Waals surface area contributed by atoms with E-state index in [-0.39, 0.29) is 5.91 Å². The second kappa shape index (κ2) is 10.7. The van der Waals surface area contributed by atoms with Crippen LogP contribution in [0.3, 0.4) is 0 Å². The number of aryl methyl sites for hydroxylation is 1. The molecule has 2 nitrogen and oxygen atoms in total. The first-order valence-electron chi connectivity index (χ1n) is 16.4. The summed E-state index contributed by atoms with van der Waals surface area (Å²) in [5, 5.41) is 0. The van der Waals surface area contributed by atoms with Crippen molar-refractivity contribution in [1.82, 2.24) is 0 Å². The highest BCUT2D eigenvalue weighted by atomic mass is 16.2. The number of benzene rings is 6. The van der Waals surface area contributed by atoms with Crippen molar-refractivity contribution in [2.24, 2.45) is 0 Å². The molecule has 0 bridgehead atoms. The number of amides is 1. The van der Waals surface area contributed by atoms with E-state index >= 15 is 4.79 Å². The van der Waals surface area contributed by atoms with Crippen molar-refractivity contribution in [1.29, 1.82) is 0 Å². The highest BCUT2D eigenvalue weighted by molar-refractivity contribution is 6.35. The van der Waals surface area contributed by atoms with Gasteiger partial charge in [0.05, 0.1) is 17.9 Å². The topological polar surface area (TPSA) is 20.3 Å². The lowest BCUT2D eigenvalue weighted by molar-refractivity contribution is -0.121. The molecule has 1 heterocycles. The molecule has 2 unspecified atom stereocenters. The van der Waals surface area contributed by atoms with E-state index < -0.39 is 11.3 Å². The first-order valence-corrected chi connectivity index (χ1v) is 16.4. The summed E-state index contributed by atoms with van der Waals surface area (Å²) in [6, 6.07) is 58.1. The second-order valence-corrected chi connectivity index (χ2v) is 12.9. The zero-order valence-electron chi connectivity index (χ0n) is 26.2. The number of hydrogen-bond donors (Lipinski definition) is 0. The minimum absolute atomic E-state index is 0.141. The number of hydrogen-bond acceptors (Lipinski definition) is 1. The van der Waals surface area contributed by atoms with Gasteiger partial charge in [-0.15, -0.1) is 0 Å². The minimum atomic E-state index is -0.729. The van der Waals surface area contributed by atoms with Crippen molar-refractivity contribution in [2.75, 3.05) is 4.90 Å². The molecule has 0 saturated carbocycles. The maximum Gasteiger partial charge on any atom is 0.236 e. The van der Waals surface area contributed by atoms with Gasteiger partial charge in [0.2, 0.25) is 5.91 Å². The molecule has 0 fully saturated rings. The summed E-state index contributed by atoms with van der Waals surface area (Å²) in [7, 11) is 0. The fraction of sp³-hybridized carbons (Fsp3) is 0.0889. The number of rotatable bonds is 5. The van der Waals surface area contributed by atoms with Gasteiger partial charge < -0.3 is 4.90 Å². The van der Waals surface area contributed by atoms with Crippen LogP contribution < -0.4 is 4.90 Å². The van der Waals surface area contributed by atoms with Gasteiger partial charge in [-0.2, -0.15) is 0 Å². The van der Waals surface area contributed by atoms with Gasteiger partial charge in [0.1, 0.15) is 0 Å². The average molecular weight is 604 g/mol. The number of allylic oxidation sites excluding steroid dienone is 4. The molecule has 224 valence electrons. The van der Waals surface area contributed by atoms with Crippen LogP contribution in [0.25, 0.3) is 22.3 Å². The summed E-state index contributed by atoms with van der Waals surface area (Å²) < 4.78 is 0. The zero-order chi connectivity index (χ0) is 31.5. The van der Waals surface area contributed by atoms with E-state index in [1.54, 1.807) is 0 Å². The fourth-order valence-corrected chi connectivity index (χ4v) is 8.53. The molecule has 1 aliphatic heterocycles. The molecule has 2 heteroatoms. The number of fused-ring (bicyclic) bond motifs is 4. The standard InChI is InChI=1S/C45H33NO/c1-30-26-27-38-37(28-30)45-41(34-22-12-5-13-23-34)39(32-18-8-3-9-19-32)40(33-20-10-4-11-21-33)42(45)35-24-14-15-25-36(35)43(45)44(47)46(38)29-31-16-6-2-7-17-31/h2-28,43H,29H2,1H3. The van der Waals surface area contributed by atoms with Gasteiger partial charge in [0.25, 0.3) is 0 Å². The van der Waals surface area contributed by atoms with Crippen molar-refractivity contribution in [3.05, 3.63) is 208 Å². The molecule has 2 atom stereocenters. The maximum atomic E-state index is 15.5. The van der Waals surface area contributed by atoms with Crippen LogP contribution in [0.2, 0.25) is 0 Å². The Balaban J connectivity index is 1.48. The third kappa shape index (κ3) is 3.95. The van der Waals surface area contributed by atoms with Gasteiger partial charge in [-0.05, 0) is 74.2 Å². The summed E-state index contributed by atoms with van der Waals surface area (Å²) in [6.45, 7) is 2.69. The lowest BCUT2D eigenvalue weighted by Gasteiger charge is -2.46. The molecule has 0 N–H and O–H groups in total. The smallest absolute Gasteiger partial charge is 0.236 e. The van der Waals surface area contributed by atoms with E-state index in [0.29, 0.717) is 6.54 Å². The second-order valence-electron chi connectivity index (χ2n) is 12.9. The Morgan fingerprint density at radius 2 is 1.11 bits per heavy atom. The largest absolute Gasteiger partial charge is 0.307 e. The molecule has 9 rings (SSSR count). The Morgan fingerprint density at radius 1 is 0.574 bits per heavy atom. The minimum Gasteiger partial charge on any atom is -0.307 e. The number of carbonyl (C=O) groups is 1. The highest BCUT2D eigenvalue weighted by Crippen LogP contribution is 2.73. The van der Waals surface area contributed by atoms with Gasteiger partial charge in [0, 0.05) is 5.69 Å². The van der Waals surface area contributed by atoms with E-state index in [4.69, 9.17) is 0 Å². The monoisotopic (exact) mass is 603 g/mol. The van der Waals surface area contributed by atoms with Crippen LogP contribution in [0.4, 0.5) is 5.69 Å². The van der Waals surface area contributed by atoms with Gasteiger partial charge >= 0.3 is 0 Å². The average Bonchev–Trinajstić information content (AvgIpc) is 3.60. The number of anilines is 1. The molecule has 6 aromatic rings. The molecule has 1 spiro atoms. The summed E-state index contributed by atoms with van der Waals surface area (Å²) in [5.74, 6) is -0.287. The summed E-state index contributed by atoms with van der Waals surface area (Å²) in [5.41, 5.74) is 14.3. The fourth-order valence-electron chi connectivity index (χ4n) is 8.53. The highest BCUT2D eigenvalue weighted by Gasteiger charge is 2.64. The number of carbonyl (C=O) groups excluding carboxylic acids is 1. The van der Waals surface area contributed by atoms with E-state index in [1.807, 2.05) is 11.0 Å². The van der Waals surface area contributed by atoms with Crippen LogP contribution in [0.15, 0.2) is 164 Å². The lowest BCUT2D eigenvalue weighted by atomic mass is 9.60. The first kappa shape index (κ1) is 27.6. The summed E-state index contributed by atoms with van der Waals surface area (Å²) in [4.78, 5) is 17.5. The third-order valence-electron chi connectivity index (χ3n) is 10.3. The van der Waals surface area contributed by atoms with E-state index in [0.717, 1.165) is 39.1 Å². The third-order valence-corrected chi connectivity index (χ3v) is 10.3. The van der Waals surface area contributed by atoms with Crippen molar-refractivity contribution in [2.45, 2.75) is 24.8 Å². The lowest BCUT2D eigenvalue weighted by Crippen LogP contribution is -2.48. The van der Waals surface area contributed by atoms with E-state index in [2.05, 4.69) is 165 Å². The van der Waals surface area contributed by atoms with Crippen molar-refractivity contribution >= 4 is 33.9 Å². The predicted octanol–water partition coefficient (Wildman–Crippen LogP) is 10.1. The van der Waals surface area contributed by atoms with E-state index in [1.165, 1.54) is 33.4 Å². The van der Waals surface area contributed by atoms with Crippen LogP contribution in [-0.4, -0.2) is 5.91 Å².